The maximum Gasteiger partial charge on any atom is 0.310 e. The summed E-state index contributed by atoms with van der Waals surface area (Å²) in [6.45, 7) is 0.603. The molecular weight excluding hydrogens is 322 g/mol. The Morgan fingerprint density at radius 2 is 1.92 bits per heavy atom. The Morgan fingerprint density at radius 3 is 2.64 bits per heavy atom. The molecule has 2 N–H and O–H groups in total. The lowest BCUT2D eigenvalue weighted by Gasteiger charge is -2.23. The van der Waals surface area contributed by atoms with Gasteiger partial charge in [0, 0.05) is 6.20 Å². The molecule has 2 aliphatic rings. The summed E-state index contributed by atoms with van der Waals surface area (Å²) >= 11 is 0. The summed E-state index contributed by atoms with van der Waals surface area (Å²) in [6, 6.07) is 9.88. The number of carboxylic acids is 1. The number of aromatic nitrogens is 2. The van der Waals surface area contributed by atoms with E-state index in [2.05, 4.69) is 10.4 Å². The van der Waals surface area contributed by atoms with Crippen molar-refractivity contribution in [2.75, 3.05) is 5.32 Å². The van der Waals surface area contributed by atoms with Gasteiger partial charge in [-0.2, -0.15) is 5.10 Å². The highest BCUT2D eigenvalue weighted by molar-refractivity contribution is 5.96. The van der Waals surface area contributed by atoms with Crippen LogP contribution in [0.25, 0.3) is 0 Å². The SMILES string of the molecule is O=C(O)[C@@H]1[C@@H](C(=O)Nc2cnn(Cc3ccccc3)c2)[C@@H]2CC[C@@H]1O2. The number of benzene rings is 1. The molecule has 2 bridgehead atoms. The van der Waals surface area contributed by atoms with Gasteiger partial charge in [-0.3, -0.25) is 14.3 Å². The van der Waals surface area contributed by atoms with Gasteiger partial charge < -0.3 is 15.2 Å². The minimum Gasteiger partial charge on any atom is -0.481 e. The zero-order valence-electron chi connectivity index (χ0n) is 13.5. The molecule has 2 fully saturated rings. The second kappa shape index (κ2) is 6.33. The predicted octanol–water partition coefficient (Wildman–Crippen LogP) is 1.75. The van der Waals surface area contributed by atoms with E-state index in [0.29, 0.717) is 18.7 Å². The van der Waals surface area contributed by atoms with E-state index in [4.69, 9.17) is 4.74 Å². The summed E-state index contributed by atoms with van der Waals surface area (Å²) in [4.78, 5) is 24.1. The molecule has 1 amide bonds. The molecule has 1 aromatic heterocycles. The van der Waals surface area contributed by atoms with Gasteiger partial charge in [0.05, 0.1) is 42.5 Å². The van der Waals surface area contributed by atoms with Crippen molar-refractivity contribution in [3.63, 3.8) is 0 Å². The third-order valence-electron chi connectivity index (χ3n) is 4.95. The number of carbonyl (C=O) groups excluding carboxylic acids is 1. The fraction of sp³-hybridized carbons (Fsp3) is 0.389. The number of rotatable bonds is 5. The Hall–Kier alpha value is -2.67. The molecule has 0 unspecified atom stereocenters. The van der Waals surface area contributed by atoms with Gasteiger partial charge in [-0.1, -0.05) is 30.3 Å². The van der Waals surface area contributed by atoms with Gasteiger partial charge in [0.2, 0.25) is 5.91 Å². The summed E-state index contributed by atoms with van der Waals surface area (Å²) in [6.07, 6.45) is 4.11. The van der Waals surface area contributed by atoms with Crippen LogP contribution >= 0.6 is 0 Å². The van der Waals surface area contributed by atoms with Crippen molar-refractivity contribution in [3.8, 4) is 0 Å². The van der Waals surface area contributed by atoms with Crippen LogP contribution in [0.5, 0.6) is 0 Å². The first kappa shape index (κ1) is 15.8. The van der Waals surface area contributed by atoms with Crippen LogP contribution in [0.15, 0.2) is 42.7 Å². The van der Waals surface area contributed by atoms with Gasteiger partial charge in [0.25, 0.3) is 0 Å². The Morgan fingerprint density at radius 1 is 1.20 bits per heavy atom. The highest BCUT2D eigenvalue weighted by Gasteiger charge is 2.55. The highest BCUT2D eigenvalue weighted by Crippen LogP contribution is 2.44. The quantitative estimate of drug-likeness (QED) is 0.864. The van der Waals surface area contributed by atoms with Gasteiger partial charge in [0.15, 0.2) is 0 Å². The van der Waals surface area contributed by atoms with Crippen LogP contribution in [0.4, 0.5) is 5.69 Å². The average molecular weight is 341 g/mol. The highest BCUT2D eigenvalue weighted by atomic mass is 16.5. The molecule has 130 valence electrons. The van der Waals surface area contributed by atoms with E-state index in [1.165, 1.54) is 0 Å². The van der Waals surface area contributed by atoms with Gasteiger partial charge in [0.1, 0.15) is 0 Å². The molecule has 3 heterocycles. The van der Waals surface area contributed by atoms with E-state index in [1.807, 2.05) is 30.3 Å². The topological polar surface area (TPSA) is 93.5 Å². The molecule has 7 heteroatoms. The molecule has 0 radical (unpaired) electrons. The number of ether oxygens (including phenoxy) is 1. The standard InChI is InChI=1S/C18H19N3O4/c22-17(15-13-6-7-14(25-13)16(15)18(23)24)20-12-8-19-21(10-12)9-11-4-2-1-3-5-11/h1-5,8,10,13-16H,6-7,9H2,(H,20,22)(H,23,24)/t13-,14-,15-,16-/m0/s1. The summed E-state index contributed by atoms with van der Waals surface area (Å²) in [5, 5.41) is 16.5. The fourth-order valence-electron chi connectivity index (χ4n) is 3.84. The van der Waals surface area contributed by atoms with Gasteiger partial charge >= 0.3 is 5.97 Å². The number of amides is 1. The van der Waals surface area contributed by atoms with Crippen molar-refractivity contribution in [1.82, 2.24) is 9.78 Å². The molecule has 4 rings (SSSR count). The molecule has 0 spiro atoms. The first-order chi connectivity index (χ1) is 12.1. The molecule has 1 aromatic carbocycles. The minimum absolute atomic E-state index is 0.300. The van der Waals surface area contributed by atoms with E-state index >= 15 is 0 Å². The zero-order chi connectivity index (χ0) is 17.4. The monoisotopic (exact) mass is 341 g/mol. The average Bonchev–Trinajstić information content (AvgIpc) is 3.31. The first-order valence-electron chi connectivity index (χ1n) is 8.37. The van der Waals surface area contributed by atoms with E-state index in [-0.39, 0.29) is 18.1 Å². The van der Waals surface area contributed by atoms with Crippen LogP contribution in [0.3, 0.4) is 0 Å². The number of nitrogens with zero attached hydrogens (tertiary/aromatic N) is 2. The zero-order valence-corrected chi connectivity index (χ0v) is 13.5. The van der Waals surface area contributed by atoms with Crippen molar-refractivity contribution in [2.24, 2.45) is 11.8 Å². The molecule has 0 aliphatic carbocycles. The minimum atomic E-state index is -0.966. The molecule has 2 aromatic rings. The number of fused-ring (bicyclic) bond motifs is 2. The summed E-state index contributed by atoms with van der Waals surface area (Å²) < 4.78 is 7.37. The van der Waals surface area contributed by atoms with Crippen LogP contribution in [-0.2, 0) is 20.9 Å². The van der Waals surface area contributed by atoms with Gasteiger partial charge in [-0.15, -0.1) is 0 Å². The lowest BCUT2D eigenvalue weighted by atomic mass is 9.78. The van der Waals surface area contributed by atoms with Crippen LogP contribution in [-0.4, -0.2) is 39.0 Å². The van der Waals surface area contributed by atoms with Crippen LogP contribution in [0, 0.1) is 11.8 Å². The van der Waals surface area contributed by atoms with Crippen molar-refractivity contribution in [1.29, 1.82) is 0 Å². The number of anilines is 1. The van der Waals surface area contributed by atoms with E-state index < -0.39 is 17.8 Å². The molecule has 7 nitrogen and oxygen atoms in total. The maximum atomic E-state index is 12.6. The van der Waals surface area contributed by atoms with E-state index in [0.717, 1.165) is 12.0 Å². The number of carbonyl (C=O) groups is 2. The summed E-state index contributed by atoms with van der Waals surface area (Å²) in [7, 11) is 0. The Labute approximate surface area is 144 Å². The molecule has 2 aliphatic heterocycles. The third-order valence-corrected chi connectivity index (χ3v) is 4.95. The predicted molar refractivity (Wildman–Crippen MR) is 88.9 cm³/mol. The van der Waals surface area contributed by atoms with Crippen LogP contribution < -0.4 is 5.32 Å². The number of hydrogen-bond donors (Lipinski definition) is 2. The first-order valence-corrected chi connectivity index (χ1v) is 8.37. The Kier molecular flexibility index (Phi) is 4.01. The summed E-state index contributed by atoms with van der Waals surface area (Å²) in [5.41, 5.74) is 1.67. The van der Waals surface area contributed by atoms with E-state index in [1.54, 1.807) is 17.1 Å². The lowest BCUT2D eigenvalue weighted by Crippen LogP contribution is -2.40. The lowest BCUT2D eigenvalue weighted by molar-refractivity contribution is -0.147. The molecule has 25 heavy (non-hydrogen) atoms. The second-order valence-corrected chi connectivity index (χ2v) is 6.58. The second-order valence-electron chi connectivity index (χ2n) is 6.58. The molecular formula is C18H19N3O4. The van der Waals surface area contributed by atoms with Crippen LogP contribution in [0.2, 0.25) is 0 Å². The molecule has 4 atom stereocenters. The number of aliphatic carboxylic acids is 1. The third kappa shape index (κ3) is 3.02. The molecule has 2 saturated heterocycles. The maximum absolute atomic E-state index is 12.6. The smallest absolute Gasteiger partial charge is 0.310 e. The molecule has 0 saturated carbocycles. The normalized spacial score (nSPS) is 27.4. The largest absolute Gasteiger partial charge is 0.481 e. The fourth-order valence-corrected chi connectivity index (χ4v) is 3.84. The Balaban J connectivity index is 1.44. The Bertz CT molecular complexity index is 789. The summed E-state index contributed by atoms with van der Waals surface area (Å²) in [5.74, 6) is -2.68. The number of carboxylic acid groups (broad SMARTS) is 1. The van der Waals surface area contributed by atoms with Gasteiger partial charge in [-0.05, 0) is 18.4 Å². The van der Waals surface area contributed by atoms with Gasteiger partial charge in [-0.25, -0.2) is 0 Å². The van der Waals surface area contributed by atoms with E-state index in [9.17, 15) is 14.7 Å². The van der Waals surface area contributed by atoms with Crippen molar-refractivity contribution < 1.29 is 19.4 Å². The van der Waals surface area contributed by atoms with Crippen molar-refractivity contribution >= 4 is 17.6 Å². The number of hydrogen-bond acceptors (Lipinski definition) is 4. The van der Waals surface area contributed by atoms with Crippen molar-refractivity contribution in [2.45, 2.75) is 31.6 Å². The van der Waals surface area contributed by atoms with Crippen molar-refractivity contribution in [3.05, 3.63) is 48.3 Å². The number of nitrogens with one attached hydrogen (secondary N) is 1. The van der Waals surface area contributed by atoms with Crippen LogP contribution in [0.1, 0.15) is 18.4 Å².